The highest BCUT2D eigenvalue weighted by Crippen LogP contribution is 2.18. The normalized spacial score (nSPS) is 18.1. The molecule has 1 aromatic rings. The van der Waals surface area contributed by atoms with E-state index in [1.807, 2.05) is 22.5 Å². The van der Waals surface area contributed by atoms with Crippen LogP contribution in [0.1, 0.15) is 37.8 Å². The number of nitrogens with zero attached hydrogens (tertiary/aromatic N) is 3. The predicted octanol–water partition coefficient (Wildman–Crippen LogP) is 1.26. The van der Waals surface area contributed by atoms with Gasteiger partial charge in [0, 0.05) is 31.9 Å². The van der Waals surface area contributed by atoms with Gasteiger partial charge in [0.2, 0.25) is 0 Å². The molecule has 2 heterocycles. The Kier molecular flexibility index (Phi) is 5.89. The maximum absolute atomic E-state index is 9.67. The fourth-order valence-corrected chi connectivity index (χ4v) is 3.25. The molecule has 20 heavy (non-hydrogen) atoms. The quantitative estimate of drug-likeness (QED) is 0.828. The van der Waals surface area contributed by atoms with Gasteiger partial charge < -0.3 is 10.2 Å². The molecule has 0 fully saturated rings. The molecule has 0 bridgehead atoms. The Morgan fingerprint density at radius 2 is 2.20 bits per heavy atom. The van der Waals surface area contributed by atoms with E-state index in [0.717, 1.165) is 44.0 Å². The molecule has 0 amide bonds. The number of fused-ring (bicyclic) bond motifs is 1. The minimum absolute atomic E-state index is 0.273. The van der Waals surface area contributed by atoms with Crippen molar-refractivity contribution in [3.05, 3.63) is 17.5 Å². The van der Waals surface area contributed by atoms with E-state index in [1.165, 1.54) is 0 Å². The second-order valence-corrected chi connectivity index (χ2v) is 7.22. The smallest absolute Gasteiger partial charge is 0.121 e. The average molecular weight is 299 g/mol. The number of aryl methyl sites for hydroxylation is 1. The van der Waals surface area contributed by atoms with Gasteiger partial charge in [-0.15, -0.1) is 0 Å². The lowest BCUT2D eigenvalue weighted by Crippen LogP contribution is -2.26. The highest BCUT2D eigenvalue weighted by atomic mass is 32.2. The van der Waals surface area contributed by atoms with Crippen molar-refractivity contribution in [1.82, 2.24) is 14.7 Å². The van der Waals surface area contributed by atoms with Crippen molar-refractivity contribution in [1.29, 1.82) is 0 Å². The van der Waals surface area contributed by atoms with Crippen LogP contribution in [-0.4, -0.2) is 55.6 Å². The Labute approximate surface area is 125 Å². The summed E-state index contributed by atoms with van der Waals surface area (Å²) in [7, 11) is 0. The van der Waals surface area contributed by atoms with Crippen LogP contribution in [-0.2, 0) is 13.1 Å². The molecule has 6 heteroatoms. The highest BCUT2D eigenvalue weighted by Gasteiger charge is 2.19. The third-order valence-corrected chi connectivity index (χ3v) is 4.57. The van der Waals surface area contributed by atoms with E-state index in [0.29, 0.717) is 10.9 Å². The number of thioether (sulfide) groups is 1. The molecule has 5 nitrogen and oxygen atoms in total. The SMILES string of the molecule is CC(C)SCCN1CCCn2nc([C@H](O)CO)cc2C1. The van der Waals surface area contributed by atoms with Crippen molar-refractivity contribution in [2.45, 2.75) is 44.7 Å². The number of aromatic nitrogens is 2. The molecule has 0 saturated carbocycles. The Balaban J connectivity index is 1.96. The van der Waals surface area contributed by atoms with Crippen molar-refractivity contribution in [2.75, 3.05) is 25.4 Å². The first-order valence-corrected chi connectivity index (χ1v) is 8.34. The molecule has 1 aliphatic rings. The molecular formula is C14H25N3O2S. The Bertz CT molecular complexity index is 423. The van der Waals surface area contributed by atoms with Gasteiger partial charge in [0.15, 0.2) is 0 Å². The summed E-state index contributed by atoms with van der Waals surface area (Å²) in [6.45, 7) is 8.14. The molecular weight excluding hydrogens is 274 g/mol. The molecule has 0 saturated heterocycles. The van der Waals surface area contributed by atoms with Gasteiger partial charge in [-0.3, -0.25) is 9.58 Å². The van der Waals surface area contributed by atoms with Crippen LogP contribution >= 0.6 is 11.8 Å². The van der Waals surface area contributed by atoms with Crippen molar-refractivity contribution in [3.8, 4) is 0 Å². The van der Waals surface area contributed by atoms with Gasteiger partial charge in [-0.25, -0.2) is 0 Å². The van der Waals surface area contributed by atoms with Gasteiger partial charge in [0.25, 0.3) is 0 Å². The summed E-state index contributed by atoms with van der Waals surface area (Å²) in [5.41, 5.74) is 1.72. The molecule has 0 unspecified atom stereocenters. The summed E-state index contributed by atoms with van der Waals surface area (Å²) in [5, 5.41) is 23.8. The molecule has 1 aliphatic heterocycles. The summed E-state index contributed by atoms with van der Waals surface area (Å²) in [5.74, 6) is 1.15. The largest absolute Gasteiger partial charge is 0.393 e. The van der Waals surface area contributed by atoms with Crippen molar-refractivity contribution in [2.24, 2.45) is 0 Å². The van der Waals surface area contributed by atoms with Crippen LogP contribution in [0.25, 0.3) is 0 Å². The van der Waals surface area contributed by atoms with E-state index >= 15 is 0 Å². The summed E-state index contributed by atoms with van der Waals surface area (Å²) < 4.78 is 1.98. The molecule has 2 N–H and O–H groups in total. The highest BCUT2D eigenvalue weighted by molar-refractivity contribution is 7.99. The maximum Gasteiger partial charge on any atom is 0.121 e. The molecule has 114 valence electrons. The third kappa shape index (κ3) is 4.22. The van der Waals surface area contributed by atoms with Crippen LogP contribution in [0, 0.1) is 0 Å². The summed E-state index contributed by atoms with van der Waals surface area (Å²) in [4.78, 5) is 2.45. The van der Waals surface area contributed by atoms with Crippen LogP contribution in [0.2, 0.25) is 0 Å². The summed E-state index contributed by atoms with van der Waals surface area (Å²) in [6, 6.07) is 1.93. The zero-order chi connectivity index (χ0) is 14.5. The van der Waals surface area contributed by atoms with Crippen LogP contribution in [0.4, 0.5) is 0 Å². The van der Waals surface area contributed by atoms with E-state index in [1.54, 1.807) is 0 Å². The Morgan fingerprint density at radius 1 is 1.40 bits per heavy atom. The first-order chi connectivity index (χ1) is 9.60. The molecule has 0 radical (unpaired) electrons. The van der Waals surface area contributed by atoms with Gasteiger partial charge in [0.1, 0.15) is 6.10 Å². The van der Waals surface area contributed by atoms with Gasteiger partial charge in [-0.05, 0) is 17.7 Å². The Morgan fingerprint density at radius 3 is 2.90 bits per heavy atom. The fraction of sp³-hybridized carbons (Fsp3) is 0.786. The van der Waals surface area contributed by atoms with Crippen LogP contribution < -0.4 is 0 Å². The topological polar surface area (TPSA) is 61.5 Å². The van der Waals surface area contributed by atoms with E-state index in [4.69, 9.17) is 5.11 Å². The molecule has 2 rings (SSSR count). The summed E-state index contributed by atoms with van der Waals surface area (Å²) in [6.07, 6.45) is 0.217. The minimum atomic E-state index is -0.862. The number of aliphatic hydroxyl groups is 2. The zero-order valence-electron chi connectivity index (χ0n) is 12.3. The molecule has 0 spiro atoms. The summed E-state index contributed by atoms with van der Waals surface area (Å²) >= 11 is 1.99. The van der Waals surface area contributed by atoms with Crippen molar-refractivity contribution < 1.29 is 10.2 Å². The number of hydrogen-bond donors (Lipinski definition) is 2. The lowest BCUT2D eigenvalue weighted by molar-refractivity contribution is 0.0916. The van der Waals surface area contributed by atoms with Crippen LogP contribution in [0.15, 0.2) is 6.07 Å². The maximum atomic E-state index is 9.67. The molecule has 0 aromatic carbocycles. The monoisotopic (exact) mass is 299 g/mol. The lowest BCUT2D eigenvalue weighted by atomic mass is 10.2. The van der Waals surface area contributed by atoms with E-state index in [-0.39, 0.29) is 6.61 Å². The fourth-order valence-electron chi connectivity index (χ4n) is 2.42. The van der Waals surface area contributed by atoms with Gasteiger partial charge in [0.05, 0.1) is 18.0 Å². The third-order valence-electron chi connectivity index (χ3n) is 3.49. The first kappa shape index (κ1) is 15.8. The molecule has 0 aliphatic carbocycles. The molecule has 1 aromatic heterocycles. The zero-order valence-corrected chi connectivity index (χ0v) is 13.1. The van der Waals surface area contributed by atoms with Crippen LogP contribution in [0.5, 0.6) is 0 Å². The second-order valence-electron chi connectivity index (χ2n) is 5.53. The second kappa shape index (κ2) is 7.45. The number of hydrogen-bond acceptors (Lipinski definition) is 5. The van der Waals surface area contributed by atoms with Crippen LogP contribution in [0.3, 0.4) is 0 Å². The number of rotatable bonds is 6. The predicted molar refractivity (Wildman–Crippen MR) is 81.8 cm³/mol. The molecule has 1 atom stereocenters. The van der Waals surface area contributed by atoms with Gasteiger partial charge >= 0.3 is 0 Å². The van der Waals surface area contributed by atoms with Gasteiger partial charge in [-0.2, -0.15) is 16.9 Å². The van der Waals surface area contributed by atoms with Crippen molar-refractivity contribution >= 4 is 11.8 Å². The Hall–Kier alpha value is -0.560. The average Bonchev–Trinajstić information content (AvgIpc) is 2.71. The van der Waals surface area contributed by atoms with E-state index in [2.05, 4.69) is 23.8 Å². The van der Waals surface area contributed by atoms with Crippen molar-refractivity contribution in [3.63, 3.8) is 0 Å². The standard InChI is InChI=1S/C14H25N3O2S/c1-11(2)20-7-6-16-4-3-5-17-12(9-16)8-13(15-17)14(19)10-18/h8,11,14,18-19H,3-7,9-10H2,1-2H3/t14-/m1/s1. The number of aliphatic hydroxyl groups excluding tert-OH is 2. The van der Waals surface area contributed by atoms with E-state index < -0.39 is 6.10 Å². The van der Waals surface area contributed by atoms with E-state index in [9.17, 15) is 5.11 Å². The minimum Gasteiger partial charge on any atom is -0.393 e. The lowest BCUT2D eigenvalue weighted by Gasteiger charge is -2.19. The van der Waals surface area contributed by atoms with Gasteiger partial charge in [-0.1, -0.05) is 13.8 Å². The first-order valence-electron chi connectivity index (χ1n) is 7.29.